The summed E-state index contributed by atoms with van der Waals surface area (Å²) in [6.45, 7) is 2.60. The number of carbonyl (C=O) groups excluding carboxylic acids is 1. The highest BCUT2D eigenvalue weighted by molar-refractivity contribution is 7.16. The van der Waals surface area contributed by atoms with Crippen LogP contribution in [0.5, 0.6) is 5.75 Å². The topological polar surface area (TPSA) is 29.5 Å². The Morgan fingerprint density at radius 1 is 1.25 bits per heavy atom. The van der Waals surface area contributed by atoms with Gasteiger partial charge in [-0.15, -0.1) is 11.3 Å². The summed E-state index contributed by atoms with van der Waals surface area (Å²) in [6.07, 6.45) is 0. The molecule has 1 aromatic carbocycles. The third-order valence-corrected chi connectivity index (χ3v) is 4.05. The number of hydrogen-bond donors (Lipinski definition) is 0. The van der Waals surface area contributed by atoms with Crippen LogP contribution in [0.4, 0.5) is 0 Å². The molecule has 2 aromatic rings. The van der Waals surface area contributed by atoms with Gasteiger partial charge in [-0.2, -0.15) is 0 Å². The van der Waals surface area contributed by atoms with E-state index in [4.69, 9.17) is 16.3 Å². The molecule has 20 heavy (non-hydrogen) atoms. The van der Waals surface area contributed by atoms with Crippen molar-refractivity contribution in [1.29, 1.82) is 0 Å². The van der Waals surface area contributed by atoms with Crippen molar-refractivity contribution in [2.45, 2.75) is 13.5 Å². The Bertz CT molecular complexity index is 580. The third-order valence-electron chi connectivity index (χ3n) is 2.83. The van der Waals surface area contributed by atoms with Crippen LogP contribution in [0, 0.1) is 6.92 Å². The van der Waals surface area contributed by atoms with Crippen LogP contribution in [0.2, 0.25) is 4.34 Å². The average molecular weight is 310 g/mol. The first kappa shape index (κ1) is 14.9. The third kappa shape index (κ3) is 4.25. The van der Waals surface area contributed by atoms with Gasteiger partial charge in [0, 0.05) is 11.9 Å². The van der Waals surface area contributed by atoms with Gasteiger partial charge >= 0.3 is 0 Å². The minimum Gasteiger partial charge on any atom is -0.484 e. The molecule has 0 atom stereocenters. The molecule has 0 spiro atoms. The first-order valence-corrected chi connectivity index (χ1v) is 7.41. The molecule has 0 saturated carbocycles. The van der Waals surface area contributed by atoms with Crippen LogP contribution >= 0.6 is 22.9 Å². The molecule has 0 saturated heterocycles. The number of hydrogen-bond acceptors (Lipinski definition) is 3. The molecule has 0 unspecified atom stereocenters. The number of thiophene rings is 1. The van der Waals surface area contributed by atoms with E-state index >= 15 is 0 Å². The Morgan fingerprint density at radius 2 is 1.95 bits per heavy atom. The van der Waals surface area contributed by atoms with Crippen molar-refractivity contribution in [2.75, 3.05) is 13.7 Å². The first-order valence-electron chi connectivity index (χ1n) is 6.22. The van der Waals surface area contributed by atoms with Gasteiger partial charge in [-0.05, 0) is 31.2 Å². The van der Waals surface area contributed by atoms with Gasteiger partial charge in [0.05, 0.1) is 10.9 Å². The van der Waals surface area contributed by atoms with Crippen LogP contribution in [0.3, 0.4) is 0 Å². The molecule has 106 valence electrons. The lowest BCUT2D eigenvalue weighted by Gasteiger charge is -2.16. The van der Waals surface area contributed by atoms with E-state index in [0.717, 1.165) is 14.8 Å². The van der Waals surface area contributed by atoms with Crippen molar-refractivity contribution in [3.63, 3.8) is 0 Å². The number of halogens is 1. The van der Waals surface area contributed by atoms with Gasteiger partial charge in [-0.3, -0.25) is 4.79 Å². The lowest BCUT2D eigenvalue weighted by molar-refractivity contribution is -0.132. The fraction of sp³-hybridized carbons (Fsp3) is 0.267. The molecular formula is C15H16ClNO2S. The highest BCUT2D eigenvalue weighted by Crippen LogP contribution is 2.22. The van der Waals surface area contributed by atoms with E-state index in [2.05, 4.69) is 0 Å². The van der Waals surface area contributed by atoms with Crippen LogP contribution in [-0.4, -0.2) is 24.5 Å². The van der Waals surface area contributed by atoms with E-state index in [-0.39, 0.29) is 12.5 Å². The average Bonchev–Trinajstić information content (AvgIpc) is 2.83. The molecule has 3 nitrogen and oxygen atoms in total. The maximum Gasteiger partial charge on any atom is 0.260 e. The Kier molecular flexibility index (Phi) is 5.04. The second kappa shape index (κ2) is 6.77. The predicted molar refractivity (Wildman–Crippen MR) is 82.5 cm³/mol. The standard InChI is InChI=1S/C15H16ClNO2S/c1-11-3-5-12(6-4-11)19-10-15(18)17(2)9-13-7-8-14(16)20-13/h3-8H,9-10H2,1-2H3. The summed E-state index contributed by atoms with van der Waals surface area (Å²) in [4.78, 5) is 14.7. The maximum atomic E-state index is 12.0. The zero-order chi connectivity index (χ0) is 14.5. The molecule has 0 aliphatic carbocycles. The molecule has 1 amide bonds. The molecule has 0 N–H and O–H groups in total. The lowest BCUT2D eigenvalue weighted by atomic mass is 10.2. The minimum absolute atomic E-state index is 0.0403. The van der Waals surface area contributed by atoms with Crippen molar-refractivity contribution in [3.8, 4) is 5.75 Å². The van der Waals surface area contributed by atoms with Crippen LogP contribution in [0.15, 0.2) is 36.4 Å². The molecule has 2 rings (SSSR count). The van der Waals surface area contributed by atoms with Gasteiger partial charge in [-0.1, -0.05) is 29.3 Å². The van der Waals surface area contributed by atoms with E-state index < -0.39 is 0 Å². The largest absolute Gasteiger partial charge is 0.484 e. The van der Waals surface area contributed by atoms with Gasteiger partial charge in [0.25, 0.3) is 5.91 Å². The molecule has 0 radical (unpaired) electrons. The molecule has 0 aliphatic rings. The van der Waals surface area contributed by atoms with E-state index in [1.807, 2.05) is 43.3 Å². The van der Waals surface area contributed by atoms with Gasteiger partial charge < -0.3 is 9.64 Å². The summed E-state index contributed by atoms with van der Waals surface area (Å²) in [7, 11) is 1.76. The second-order valence-electron chi connectivity index (χ2n) is 4.56. The zero-order valence-electron chi connectivity index (χ0n) is 11.4. The maximum absolute atomic E-state index is 12.0. The number of amides is 1. The number of aryl methyl sites for hydroxylation is 1. The summed E-state index contributed by atoms with van der Waals surface area (Å²) in [6, 6.07) is 11.4. The summed E-state index contributed by atoms with van der Waals surface area (Å²) >= 11 is 7.35. The number of likely N-dealkylation sites (N-methyl/N-ethyl adjacent to an activating group) is 1. The number of benzene rings is 1. The van der Waals surface area contributed by atoms with Crippen molar-refractivity contribution >= 4 is 28.8 Å². The van der Waals surface area contributed by atoms with Gasteiger partial charge in [0.15, 0.2) is 6.61 Å². The van der Waals surface area contributed by atoms with Crippen molar-refractivity contribution < 1.29 is 9.53 Å². The Morgan fingerprint density at radius 3 is 2.55 bits per heavy atom. The Balaban J connectivity index is 1.83. The summed E-state index contributed by atoms with van der Waals surface area (Å²) < 4.78 is 6.21. The first-order chi connectivity index (χ1) is 9.54. The van der Waals surface area contributed by atoms with Crippen LogP contribution in [-0.2, 0) is 11.3 Å². The summed E-state index contributed by atoms with van der Waals surface area (Å²) in [5.74, 6) is 0.645. The Labute approximate surface area is 127 Å². The van der Waals surface area contributed by atoms with E-state index in [1.54, 1.807) is 11.9 Å². The summed E-state index contributed by atoms with van der Waals surface area (Å²) in [5, 5.41) is 0. The molecule has 5 heteroatoms. The van der Waals surface area contributed by atoms with Crippen LogP contribution in [0.25, 0.3) is 0 Å². The molecule has 0 aliphatic heterocycles. The molecule has 1 heterocycles. The second-order valence-corrected chi connectivity index (χ2v) is 6.36. The number of nitrogens with zero attached hydrogens (tertiary/aromatic N) is 1. The summed E-state index contributed by atoms with van der Waals surface area (Å²) in [5.41, 5.74) is 1.16. The fourth-order valence-corrected chi connectivity index (χ4v) is 2.79. The zero-order valence-corrected chi connectivity index (χ0v) is 13.0. The van der Waals surface area contributed by atoms with Gasteiger partial charge in [-0.25, -0.2) is 0 Å². The van der Waals surface area contributed by atoms with E-state index in [1.165, 1.54) is 11.3 Å². The smallest absolute Gasteiger partial charge is 0.260 e. The van der Waals surface area contributed by atoms with Crippen molar-refractivity contribution in [1.82, 2.24) is 4.90 Å². The normalized spacial score (nSPS) is 10.3. The molecular weight excluding hydrogens is 294 g/mol. The van der Waals surface area contributed by atoms with Crippen molar-refractivity contribution in [3.05, 3.63) is 51.2 Å². The van der Waals surface area contributed by atoms with Gasteiger partial charge in [0.1, 0.15) is 5.75 Å². The highest BCUT2D eigenvalue weighted by Gasteiger charge is 2.11. The molecule has 0 bridgehead atoms. The lowest BCUT2D eigenvalue weighted by Crippen LogP contribution is -2.30. The SMILES string of the molecule is Cc1ccc(OCC(=O)N(C)Cc2ccc(Cl)s2)cc1. The van der Waals surface area contributed by atoms with Crippen LogP contribution in [0.1, 0.15) is 10.4 Å². The van der Waals surface area contributed by atoms with E-state index in [0.29, 0.717) is 12.3 Å². The number of ether oxygens (including phenoxy) is 1. The van der Waals surface area contributed by atoms with E-state index in [9.17, 15) is 4.79 Å². The quantitative estimate of drug-likeness (QED) is 0.842. The minimum atomic E-state index is -0.0601. The fourth-order valence-electron chi connectivity index (χ4n) is 1.65. The highest BCUT2D eigenvalue weighted by atomic mass is 35.5. The molecule has 1 aromatic heterocycles. The Hall–Kier alpha value is -1.52. The van der Waals surface area contributed by atoms with Gasteiger partial charge in [0.2, 0.25) is 0 Å². The predicted octanol–water partition coefficient (Wildman–Crippen LogP) is 3.75. The number of carbonyl (C=O) groups is 1. The monoisotopic (exact) mass is 309 g/mol. The van der Waals surface area contributed by atoms with Crippen LogP contribution < -0.4 is 4.74 Å². The number of rotatable bonds is 5. The molecule has 0 fully saturated rings. The van der Waals surface area contributed by atoms with Crippen molar-refractivity contribution in [2.24, 2.45) is 0 Å².